The van der Waals surface area contributed by atoms with Crippen LogP contribution in [0.15, 0.2) is 0 Å². The number of carbonyl (C=O) groups is 1. The lowest BCUT2D eigenvalue weighted by Gasteiger charge is -2.37. The van der Waals surface area contributed by atoms with Crippen LogP contribution in [0.4, 0.5) is 0 Å². The fourth-order valence-electron chi connectivity index (χ4n) is 1.64. The molecule has 1 saturated heterocycles. The number of aliphatic hydroxyl groups excluding tert-OH is 2. The third kappa shape index (κ3) is 2.66. The summed E-state index contributed by atoms with van der Waals surface area (Å²) < 4.78 is 10.3. The molecule has 88 valence electrons. The summed E-state index contributed by atoms with van der Waals surface area (Å²) in [5, 5.41) is 20.9. The van der Waals surface area contributed by atoms with Crippen LogP contribution in [0.5, 0.6) is 0 Å². The van der Waals surface area contributed by atoms with Gasteiger partial charge in [-0.15, -0.1) is 0 Å². The van der Waals surface area contributed by atoms with Gasteiger partial charge in [-0.1, -0.05) is 0 Å². The van der Waals surface area contributed by atoms with E-state index in [1.54, 1.807) is 0 Å². The Morgan fingerprint density at radius 3 is 2.80 bits per heavy atom. The predicted molar refractivity (Wildman–Crippen MR) is 51.2 cm³/mol. The average molecular weight is 219 g/mol. The monoisotopic (exact) mass is 219 g/mol. The molecule has 1 rings (SSSR count). The van der Waals surface area contributed by atoms with Crippen molar-refractivity contribution in [2.75, 3.05) is 20.8 Å². The maximum Gasteiger partial charge on any atom is 0.251 e. The molecule has 0 aliphatic carbocycles. The van der Waals surface area contributed by atoms with Crippen LogP contribution in [0, 0.1) is 0 Å². The number of likely N-dealkylation sites (N-methyl/N-ethyl adjacent to an activating group) is 1. The van der Waals surface area contributed by atoms with Crippen LogP contribution in [0.25, 0.3) is 0 Å². The topological polar surface area (TPSA) is 88.0 Å². The molecular formula is C9H17NO5. The average Bonchev–Trinajstić information content (AvgIpc) is 2.27. The van der Waals surface area contributed by atoms with Gasteiger partial charge in [0.05, 0.1) is 18.8 Å². The van der Waals surface area contributed by atoms with E-state index in [2.05, 4.69) is 5.32 Å². The van der Waals surface area contributed by atoms with Gasteiger partial charge in [-0.2, -0.15) is 0 Å². The molecule has 0 saturated carbocycles. The van der Waals surface area contributed by atoms with E-state index in [1.165, 1.54) is 14.2 Å². The van der Waals surface area contributed by atoms with Gasteiger partial charge in [-0.05, 0) is 0 Å². The van der Waals surface area contributed by atoms with Gasteiger partial charge in [0, 0.05) is 20.6 Å². The summed E-state index contributed by atoms with van der Waals surface area (Å²) in [7, 11) is 2.95. The molecule has 0 spiro atoms. The number of hydrogen-bond acceptors (Lipinski definition) is 5. The Labute approximate surface area is 88.2 Å². The van der Waals surface area contributed by atoms with E-state index in [0.717, 1.165) is 0 Å². The summed E-state index contributed by atoms with van der Waals surface area (Å²) >= 11 is 0. The molecule has 1 aliphatic rings. The summed E-state index contributed by atoms with van der Waals surface area (Å²) in [5.41, 5.74) is 0. The highest BCUT2D eigenvalue weighted by atomic mass is 16.6. The van der Waals surface area contributed by atoms with Crippen molar-refractivity contribution in [3.63, 3.8) is 0 Å². The first-order chi connectivity index (χ1) is 7.13. The van der Waals surface area contributed by atoms with Crippen molar-refractivity contribution in [2.24, 2.45) is 0 Å². The molecule has 6 heteroatoms. The first-order valence-corrected chi connectivity index (χ1v) is 4.82. The number of ether oxygens (including phenoxy) is 2. The number of methoxy groups -OCH3 is 1. The number of nitrogens with one attached hydrogen (secondary N) is 1. The highest BCUT2D eigenvalue weighted by Crippen LogP contribution is 2.22. The van der Waals surface area contributed by atoms with E-state index in [-0.39, 0.29) is 18.9 Å². The lowest BCUT2D eigenvalue weighted by Crippen LogP contribution is -2.54. The van der Waals surface area contributed by atoms with Crippen molar-refractivity contribution in [3.05, 3.63) is 0 Å². The van der Waals surface area contributed by atoms with Crippen molar-refractivity contribution >= 4 is 5.91 Å². The molecule has 0 aromatic carbocycles. The zero-order valence-electron chi connectivity index (χ0n) is 8.84. The second kappa shape index (κ2) is 5.41. The van der Waals surface area contributed by atoms with E-state index in [0.29, 0.717) is 0 Å². The summed E-state index contributed by atoms with van der Waals surface area (Å²) in [5.74, 6) is -0.313. The minimum Gasteiger partial charge on any atom is -0.394 e. The molecule has 0 aromatic heterocycles. The minimum atomic E-state index is -0.805. The number of amides is 1. The van der Waals surface area contributed by atoms with Crippen molar-refractivity contribution in [3.8, 4) is 0 Å². The molecule has 4 unspecified atom stereocenters. The molecule has 1 fully saturated rings. The Morgan fingerprint density at radius 2 is 2.33 bits per heavy atom. The van der Waals surface area contributed by atoms with Gasteiger partial charge in [-0.25, -0.2) is 0 Å². The first kappa shape index (κ1) is 12.4. The molecule has 15 heavy (non-hydrogen) atoms. The highest BCUT2D eigenvalue weighted by Gasteiger charge is 2.40. The summed E-state index contributed by atoms with van der Waals surface area (Å²) in [6, 6.07) is 0. The molecular weight excluding hydrogens is 202 g/mol. The van der Waals surface area contributed by atoms with E-state index in [4.69, 9.17) is 14.6 Å². The minimum absolute atomic E-state index is 0.278. The van der Waals surface area contributed by atoms with Crippen molar-refractivity contribution in [2.45, 2.75) is 30.8 Å². The molecule has 6 nitrogen and oxygen atoms in total. The Bertz CT molecular complexity index is 223. The molecule has 1 amide bonds. The van der Waals surface area contributed by atoms with Gasteiger partial charge in [0.2, 0.25) is 0 Å². The third-order valence-electron chi connectivity index (χ3n) is 2.55. The Kier molecular flexibility index (Phi) is 4.46. The molecule has 4 atom stereocenters. The largest absolute Gasteiger partial charge is 0.394 e. The fraction of sp³-hybridized carbons (Fsp3) is 0.889. The molecule has 1 aliphatic heterocycles. The molecule has 1 heterocycles. The Hall–Kier alpha value is -0.690. The van der Waals surface area contributed by atoms with Crippen LogP contribution in [-0.2, 0) is 14.3 Å². The second-order valence-electron chi connectivity index (χ2n) is 3.47. The van der Waals surface area contributed by atoms with Crippen LogP contribution in [0.2, 0.25) is 0 Å². The van der Waals surface area contributed by atoms with Crippen LogP contribution in [0.3, 0.4) is 0 Å². The maximum absolute atomic E-state index is 11.4. The van der Waals surface area contributed by atoms with Crippen molar-refractivity contribution in [1.82, 2.24) is 5.32 Å². The lowest BCUT2D eigenvalue weighted by molar-refractivity contribution is -0.191. The summed E-state index contributed by atoms with van der Waals surface area (Å²) in [6.45, 7) is -0.314. The Balaban J connectivity index is 2.70. The molecule has 0 aromatic rings. The molecule has 0 radical (unpaired) electrons. The molecule has 3 N–H and O–H groups in total. The number of hydrogen-bond donors (Lipinski definition) is 3. The van der Waals surface area contributed by atoms with Gasteiger partial charge in [-0.3, -0.25) is 4.79 Å². The Morgan fingerprint density at radius 1 is 1.67 bits per heavy atom. The first-order valence-electron chi connectivity index (χ1n) is 4.82. The highest BCUT2D eigenvalue weighted by molar-refractivity contribution is 5.81. The standard InChI is InChI=1S/C9H17NO5/c1-10-9(13)8-6(14-2)3-5(12)7(4-11)15-8/h5-8,11-12H,3-4H2,1-2H3,(H,10,13). The third-order valence-corrected chi connectivity index (χ3v) is 2.55. The molecule has 0 bridgehead atoms. The number of carbonyl (C=O) groups excluding carboxylic acids is 1. The van der Waals surface area contributed by atoms with Crippen molar-refractivity contribution < 1.29 is 24.5 Å². The fourth-order valence-corrected chi connectivity index (χ4v) is 1.64. The number of rotatable bonds is 3. The van der Waals surface area contributed by atoms with Gasteiger partial charge in [0.25, 0.3) is 5.91 Å². The van der Waals surface area contributed by atoms with E-state index in [1.807, 2.05) is 0 Å². The quantitative estimate of drug-likeness (QED) is 0.524. The summed E-state index contributed by atoms with van der Waals surface area (Å²) in [4.78, 5) is 11.4. The van der Waals surface area contributed by atoms with E-state index in [9.17, 15) is 9.90 Å². The predicted octanol–water partition coefficient (Wildman–Crippen LogP) is -1.74. The smallest absolute Gasteiger partial charge is 0.251 e. The van der Waals surface area contributed by atoms with E-state index >= 15 is 0 Å². The van der Waals surface area contributed by atoms with Gasteiger partial charge < -0.3 is 25.0 Å². The van der Waals surface area contributed by atoms with Crippen LogP contribution < -0.4 is 5.32 Å². The van der Waals surface area contributed by atoms with Crippen LogP contribution in [-0.4, -0.2) is 61.3 Å². The zero-order chi connectivity index (χ0) is 11.4. The van der Waals surface area contributed by atoms with Gasteiger partial charge >= 0.3 is 0 Å². The lowest BCUT2D eigenvalue weighted by atomic mass is 9.98. The van der Waals surface area contributed by atoms with Crippen molar-refractivity contribution in [1.29, 1.82) is 0 Å². The van der Waals surface area contributed by atoms with Crippen LogP contribution in [0.1, 0.15) is 6.42 Å². The summed E-state index contributed by atoms with van der Waals surface area (Å²) in [6.07, 6.45) is -2.51. The zero-order valence-corrected chi connectivity index (χ0v) is 8.84. The van der Waals surface area contributed by atoms with E-state index < -0.39 is 24.4 Å². The van der Waals surface area contributed by atoms with Gasteiger partial charge in [0.15, 0.2) is 6.10 Å². The SMILES string of the molecule is CNC(=O)C1OC(CO)C(O)CC1OC. The maximum atomic E-state index is 11.4. The normalized spacial score (nSPS) is 36.3. The van der Waals surface area contributed by atoms with Gasteiger partial charge in [0.1, 0.15) is 6.10 Å². The second-order valence-corrected chi connectivity index (χ2v) is 3.47. The number of aliphatic hydroxyl groups is 2. The van der Waals surface area contributed by atoms with Crippen LogP contribution >= 0.6 is 0 Å².